The molecule has 0 aromatic heterocycles. The third kappa shape index (κ3) is 2.62. The van der Waals surface area contributed by atoms with Gasteiger partial charge in [0.2, 0.25) is 0 Å². The van der Waals surface area contributed by atoms with Crippen LogP contribution in [0.4, 0.5) is 0 Å². The molecule has 0 aliphatic rings. The van der Waals surface area contributed by atoms with Gasteiger partial charge in [0.25, 0.3) is 0 Å². The summed E-state index contributed by atoms with van der Waals surface area (Å²) >= 11 is 5.76. The Morgan fingerprint density at radius 2 is 2.14 bits per heavy atom. The Bertz CT molecular complexity index is 305. The molecule has 0 aliphatic carbocycles. The van der Waals surface area contributed by atoms with Gasteiger partial charge in [-0.05, 0) is 12.1 Å². The zero-order valence-electron chi connectivity index (χ0n) is 7.61. The first-order chi connectivity index (χ1) is 6.66. The van der Waals surface area contributed by atoms with Crippen molar-refractivity contribution in [3.63, 3.8) is 0 Å². The molecule has 0 bridgehead atoms. The summed E-state index contributed by atoms with van der Waals surface area (Å²) in [6, 6.07) is 4.79. The van der Waals surface area contributed by atoms with Gasteiger partial charge in [-0.25, -0.2) is 0 Å². The van der Waals surface area contributed by atoms with Gasteiger partial charge in [0.05, 0.1) is 0 Å². The van der Waals surface area contributed by atoms with E-state index in [-0.39, 0.29) is 17.3 Å². The summed E-state index contributed by atoms with van der Waals surface area (Å²) in [4.78, 5) is 0. The molecule has 0 unspecified atom stereocenters. The molecule has 0 radical (unpaired) electrons. The van der Waals surface area contributed by atoms with E-state index >= 15 is 0 Å². The lowest BCUT2D eigenvalue weighted by atomic mass is 9.79. The van der Waals surface area contributed by atoms with Crippen molar-refractivity contribution in [3.8, 4) is 5.75 Å². The summed E-state index contributed by atoms with van der Waals surface area (Å²) in [7, 11) is -0.185. The molecule has 0 aliphatic heterocycles. The van der Waals surface area contributed by atoms with Crippen molar-refractivity contribution in [2.24, 2.45) is 0 Å². The summed E-state index contributed by atoms with van der Waals surface area (Å²) < 4.78 is 9.79. The van der Waals surface area contributed by atoms with Gasteiger partial charge in [-0.2, -0.15) is 0 Å². The minimum atomic E-state index is -1.66. The monoisotopic (exact) mass is 216 g/mol. The highest BCUT2D eigenvalue weighted by Gasteiger charge is 2.20. The summed E-state index contributed by atoms with van der Waals surface area (Å²) in [6.07, 6.45) is 0. The maximum absolute atomic E-state index is 9.04. The summed E-state index contributed by atoms with van der Waals surface area (Å²) in [5.41, 5.74) is 0.145. The first-order valence-corrected chi connectivity index (χ1v) is 4.31. The summed E-state index contributed by atoms with van der Waals surface area (Å²) in [5.74, 6) is 0.300. The second-order valence-electron chi connectivity index (χ2n) is 2.58. The maximum atomic E-state index is 9.04. The quantitative estimate of drug-likeness (QED) is 0.550. The fourth-order valence-corrected chi connectivity index (χ4v) is 1.28. The smallest absolute Gasteiger partial charge is 0.468 e. The molecule has 0 saturated heterocycles. The van der Waals surface area contributed by atoms with Gasteiger partial charge in [0.1, 0.15) is 5.75 Å². The van der Waals surface area contributed by atoms with Crippen molar-refractivity contribution < 1.29 is 19.5 Å². The van der Waals surface area contributed by atoms with E-state index < -0.39 is 7.12 Å². The number of ether oxygens (including phenoxy) is 2. The van der Waals surface area contributed by atoms with Crippen LogP contribution in [-0.4, -0.2) is 31.1 Å². The summed E-state index contributed by atoms with van der Waals surface area (Å²) in [6.45, 7) is 0.0278. The number of halogens is 1. The molecule has 4 nitrogen and oxygen atoms in total. The second kappa shape index (κ2) is 5.21. The van der Waals surface area contributed by atoms with Crippen LogP contribution >= 0.6 is 11.6 Å². The molecule has 0 heterocycles. The zero-order chi connectivity index (χ0) is 10.6. The van der Waals surface area contributed by atoms with E-state index in [1.807, 2.05) is 0 Å². The molecule has 6 heteroatoms. The van der Waals surface area contributed by atoms with E-state index in [9.17, 15) is 0 Å². The lowest BCUT2D eigenvalue weighted by molar-refractivity contribution is 0.0517. The first-order valence-electron chi connectivity index (χ1n) is 3.93. The van der Waals surface area contributed by atoms with Crippen LogP contribution in [0.15, 0.2) is 18.2 Å². The van der Waals surface area contributed by atoms with Crippen LogP contribution in [0.2, 0.25) is 5.02 Å². The standard InChI is InChI=1S/C8H10BClO4/c1-13-5-14-7-4-2-3-6(10)8(7)9(11)12/h2-4,11-12H,5H2,1H3. The van der Waals surface area contributed by atoms with Crippen molar-refractivity contribution in [2.45, 2.75) is 0 Å². The largest absolute Gasteiger partial charge is 0.493 e. The molecule has 1 aromatic carbocycles. The number of hydrogen-bond acceptors (Lipinski definition) is 4. The van der Waals surface area contributed by atoms with Crippen molar-refractivity contribution >= 4 is 24.2 Å². The SMILES string of the molecule is COCOc1cccc(Cl)c1B(O)O. The highest BCUT2D eigenvalue weighted by molar-refractivity contribution is 6.63. The molecule has 2 N–H and O–H groups in total. The number of benzene rings is 1. The summed E-state index contributed by atoms with van der Waals surface area (Å²) in [5, 5.41) is 18.3. The van der Waals surface area contributed by atoms with Crippen LogP contribution in [0, 0.1) is 0 Å². The first kappa shape index (κ1) is 11.3. The van der Waals surface area contributed by atoms with Crippen molar-refractivity contribution in [1.29, 1.82) is 0 Å². The van der Waals surface area contributed by atoms with Gasteiger partial charge >= 0.3 is 7.12 Å². The lowest BCUT2D eigenvalue weighted by Gasteiger charge is -2.11. The molecule has 0 fully saturated rings. The third-order valence-corrected chi connectivity index (χ3v) is 1.93. The average Bonchev–Trinajstić information content (AvgIpc) is 2.14. The minimum Gasteiger partial charge on any atom is -0.468 e. The third-order valence-electron chi connectivity index (χ3n) is 1.60. The second-order valence-corrected chi connectivity index (χ2v) is 2.98. The van der Waals surface area contributed by atoms with Gasteiger partial charge in [-0.1, -0.05) is 17.7 Å². The van der Waals surface area contributed by atoms with Crippen molar-refractivity contribution in [3.05, 3.63) is 23.2 Å². The van der Waals surface area contributed by atoms with Gasteiger partial charge in [-0.15, -0.1) is 0 Å². The Labute approximate surface area is 87.2 Å². The molecule has 0 atom stereocenters. The van der Waals surface area contributed by atoms with Crippen molar-refractivity contribution in [2.75, 3.05) is 13.9 Å². The molecular weight excluding hydrogens is 206 g/mol. The fraction of sp³-hybridized carbons (Fsp3) is 0.250. The topological polar surface area (TPSA) is 58.9 Å². The Hall–Kier alpha value is -0.745. The van der Waals surface area contributed by atoms with Crippen LogP contribution in [0.1, 0.15) is 0 Å². The highest BCUT2D eigenvalue weighted by Crippen LogP contribution is 2.15. The van der Waals surface area contributed by atoms with Crippen molar-refractivity contribution in [1.82, 2.24) is 0 Å². The minimum absolute atomic E-state index is 0.0278. The fourth-order valence-electron chi connectivity index (χ4n) is 1.02. The zero-order valence-corrected chi connectivity index (χ0v) is 8.36. The van der Waals surface area contributed by atoms with Gasteiger partial charge in [0, 0.05) is 17.6 Å². The van der Waals surface area contributed by atoms with Crippen LogP contribution in [-0.2, 0) is 4.74 Å². The molecule has 0 spiro atoms. The van der Waals surface area contributed by atoms with E-state index in [0.717, 1.165) is 0 Å². The molecule has 1 aromatic rings. The van der Waals surface area contributed by atoms with Crippen LogP contribution < -0.4 is 10.2 Å². The molecule has 76 valence electrons. The molecule has 0 saturated carbocycles. The normalized spacial score (nSPS) is 10.0. The predicted octanol–water partition coefficient (Wildman–Crippen LogP) is 0.00250. The maximum Gasteiger partial charge on any atom is 0.493 e. The molecule has 0 amide bonds. The van der Waals surface area contributed by atoms with E-state index in [1.54, 1.807) is 18.2 Å². The molecule has 1 rings (SSSR count). The Morgan fingerprint density at radius 3 is 2.71 bits per heavy atom. The van der Waals surface area contributed by atoms with Crippen LogP contribution in [0.3, 0.4) is 0 Å². The van der Waals surface area contributed by atoms with Crippen LogP contribution in [0.25, 0.3) is 0 Å². The number of hydrogen-bond donors (Lipinski definition) is 2. The lowest BCUT2D eigenvalue weighted by Crippen LogP contribution is -2.32. The van der Waals surface area contributed by atoms with E-state index in [2.05, 4.69) is 0 Å². The van der Waals surface area contributed by atoms with Gasteiger partial charge in [-0.3, -0.25) is 0 Å². The highest BCUT2D eigenvalue weighted by atomic mass is 35.5. The van der Waals surface area contributed by atoms with E-state index in [1.165, 1.54) is 7.11 Å². The number of methoxy groups -OCH3 is 1. The van der Waals surface area contributed by atoms with Gasteiger partial charge in [0.15, 0.2) is 6.79 Å². The Kier molecular flexibility index (Phi) is 4.22. The molecular formula is C8H10BClO4. The van der Waals surface area contributed by atoms with Crippen LogP contribution in [0.5, 0.6) is 5.75 Å². The predicted molar refractivity (Wildman–Crippen MR) is 53.8 cm³/mol. The average molecular weight is 216 g/mol. The van der Waals surface area contributed by atoms with E-state index in [0.29, 0.717) is 5.75 Å². The van der Waals surface area contributed by atoms with Gasteiger partial charge < -0.3 is 19.5 Å². The Balaban J connectivity index is 2.96. The number of rotatable bonds is 4. The molecule has 14 heavy (non-hydrogen) atoms. The Morgan fingerprint density at radius 1 is 1.43 bits per heavy atom. The van der Waals surface area contributed by atoms with E-state index in [4.69, 9.17) is 31.1 Å².